The van der Waals surface area contributed by atoms with Crippen molar-refractivity contribution in [3.63, 3.8) is 0 Å². The summed E-state index contributed by atoms with van der Waals surface area (Å²) in [5, 5.41) is 0. The van der Waals surface area contributed by atoms with Gasteiger partial charge in [0.2, 0.25) is 0 Å². The number of fused-ring (bicyclic) bond motifs is 2. The van der Waals surface area contributed by atoms with Crippen molar-refractivity contribution in [2.24, 2.45) is 5.92 Å². The van der Waals surface area contributed by atoms with Gasteiger partial charge in [0.1, 0.15) is 17.1 Å². The molecule has 4 rings (SSSR count). The summed E-state index contributed by atoms with van der Waals surface area (Å²) in [5.41, 5.74) is 3.22. The number of likely N-dealkylation sites (tertiary alicyclic amines) is 1. The van der Waals surface area contributed by atoms with E-state index in [-0.39, 0.29) is 11.6 Å². The second kappa shape index (κ2) is 12.4. The van der Waals surface area contributed by atoms with Crippen LogP contribution in [0.5, 0.6) is 11.5 Å². The number of thioether (sulfide) groups is 1. The first-order valence-corrected chi connectivity index (χ1v) is 15.5. The van der Waals surface area contributed by atoms with Gasteiger partial charge < -0.3 is 14.4 Å². The quantitative estimate of drug-likeness (QED) is 0.169. The van der Waals surface area contributed by atoms with Crippen LogP contribution in [-0.2, 0) is 4.79 Å². The summed E-state index contributed by atoms with van der Waals surface area (Å²) in [6, 6.07) is 4.39. The highest BCUT2D eigenvalue weighted by Gasteiger charge is 2.40. The molecule has 5 heteroatoms. The number of carbonyl (C=O) groups excluding carboxylic acids is 1. The Kier molecular flexibility index (Phi) is 9.49. The van der Waals surface area contributed by atoms with Crippen molar-refractivity contribution in [2.45, 2.75) is 110 Å². The SMILES string of the molecule is CCCCCC(C)C(C)c1cc(OC(=O)CCCN2CCCCC2)c2c(c1)OC(C)(C)C1=C2CCS1. The van der Waals surface area contributed by atoms with E-state index >= 15 is 0 Å². The molecule has 3 aliphatic heterocycles. The lowest BCUT2D eigenvalue weighted by Gasteiger charge is -2.35. The number of hydrogen-bond acceptors (Lipinski definition) is 5. The monoisotopic (exact) mass is 513 g/mol. The summed E-state index contributed by atoms with van der Waals surface area (Å²) in [4.78, 5) is 16.8. The molecule has 0 saturated carbocycles. The van der Waals surface area contributed by atoms with Gasteiger partial charge in [0, 0.05) is 17.1 Å². The van der Waals surface area contributed by atoms with Gasteiger partial charge in [-0.15, -0.1) is 11.8 Å². The molecule has 0 spiro atoms. The number of nitrogens with zero attached hydrogens (tertiary/aromatic N) is 1. The van der Waals surface area contributed by atoms with E-state index in [2.05, 4.69) is 51.7 Å². The largest absolute Gasteiger partial charge is 0.482 e. The Hall–Kier alpha value is -1.46. The topological polar surface area (TPSA) is 38.8 Å². The van der Waals surface area contributed by atoms with E-state index in [1.165, 1.54) is 74.1 Å². The molecule has 2 atom stereocenters. The van der Waals surface area contributed by atoms with E-state index in [9.17, 15) is 4.79 Å². The summed E-state index contributed by atoms with van der Waals surface area (Å²) in [6.45, 7) is 14.6. The Morgan fingerprint density at radius 2 is 1.92 bits per heavy atom. The number of hydrogen-bond donors (Lipinski definition) is 0. The first-order chi connectivity index (χ1) is 17.3. The van der Waals surface area contributed by atoms with Gasteiger partial charge in [0.15, 0.2) is 0 Å². The van der Waals surface area contributed by atoms with Crippen molar-refractivity contribution >= 4 is 23.3 Å². The standard InChI is InChI=1S/C31H47NO3S/c1-6-7-9-13-22(2)23(3)24-20-26(34-28(33)14-12-18-32-16-10-8-11-17-32)29-25-15-19-36-30(25)31(4,5)35-27(29)21-24/h20-23H,6-19H2,1-5H3. The Labute approximate surface area is 223 Å². The molecule has 2 unspecified atom stereocenters. The molecule has 4 nitrogen and oxygen atoms in total. The van der Waals surface area contributed by atoms with Crippen LogP contribution in [0.1, 0.15) is 116 Å². The third-order valence-electron chi connectivity index (χ3n) is 8.34. The lowest BCUT2D eigenvalue weighted by Crippen LogP contribution is -2.33. The molecule has 1 aromatic carbocycles. The molecule has 0 amide bonds. The maximum absolute atomic E-state index is 13.0. The molecular weight excluding hydrogens is 466 g/mol. The van der Waals surface area contributed by atoms with Crippen LogP contribution in [0.15, 0.2) is 17.0 Å². The van der Waals surface area contributed by atoms with Crippen LogP contribution in [0.25, 0.3) is 5.57 Å². The van der Waals surface area contributed by atoms with Gasteiger partial charge in [-0.25, -0.2) is 0 Å². The Balaban J connectivity index is 1.55. The summed E-state index contributed by atoms with van der Waals surface area (Å²) < 4.78 is 12.8. The van der Waals surface area contributed by atoms with Crippen molar-refractivity contribution in [3.8, 4) is 11.5 Å². The molecular formula is C31H47NO3S. The molecule has 1 aromatic rings. The number of piperidine rings is 1. The predicted octanol–water partition coefficient (Wildman–Crippen LogP) is 8.20. The molecule has 0 aliphatic carbocycles. The van der Waals surface area contributed by atoms with E-state index in [1.54, 1.807) is 0 Å². The van der Waals surface area contributed by atoms with Crippen LogP contribution >= 0.6 is 11.8 Å². The maximum atomic E-state index is 13.0. The van der Waals surface area contributed by atoms with Gasteiger partial charge in [0.05, 0.1) is 5.56 Å². The minimum Gasteiger partial charge on any atom is -0.482 e. The molecule has 0 aromatic heterocycles. The fourth-order valence-corrected chi connectivity index (χ4v) is 7.26. The summed E-state index contributed by atoms with van der Waals surface area (Å²) in [7, 11) is 0. The molecule has 0 N–H and O–H groups in total. The highest BCUT2D eigenvalue weighted by molar-refractivity contribution is 8.03. The van der Waals surface area contributed by atoms with E-state index in [4.69, 9.17) is 9.47 Å². The fraction of sp³-hybridized carbons (Fsp3) is 0.710. The zero-order chi connectivity index (χ0) is 25.7. The number of benzene rings is 1. The summed E-state index contributed by atoms with van der Waals surface area (Å²) >= 11 is 1.89. The molecule has 1 fully saturated rings. The third kappa shape index (κ3) is 6.51. The van der Waals surface area contributed by atoms with E-state index in [0.29, 0.717) is 24.0 Å². The molecule has 0 radical (unpaired) electrons. The number of rotatable bonds is 11. The molecule has 0 bridgehead atoms. The van der Waals surface area contributed by atoms with Crippen LogP contribution in [0.3, 0.4) is 0 Å². The van der Waals surface area contributed by atoms with Gasteiger partial charge in [-0.05, 0) is 94.3 Å². The first-order valence-electron chi connectivity index (χ1n) is 14.5. The minimum absolute atomic E-state index is 0.118. The Bertz CT molecular complexity index is 947. The lowest BCUT2D eigenvalue weighted by atomic mass is 9.83. The van der Waals surface area contributed by atoms with Crippen molar-refractivity contribution < 1.29 is 14.3 Å². The average molecular weight is 514 g/mol. The molecule has 3 heterocycles. The number of carbonyl (C=O) groups is 1. The van der Waals surface area contributed by atoms with Gasteiger partial charge in [0.25, 0.3) is 0 Å². The van der Waals surface area contributed by atoms with Gasteiger partial charge >= 0.3 is 5.97 Å². The number of esters is 1. The Morgan fingerprint density at radius 1 is 1.14 bits per heavy atom. The second-order valence-electron chi connectivity index (χ2n) is 11.7. The van der Waals surface area contributed by atoms with Crippen LogP contribution in [0.4, 0.5) is 0 Å². The average Bonchev–Trinajstić information content (AvgIpc) is 3.35. The van der Waals surface area contributed by atoms with Crippen molar-refractivity contribution in [1.82, 2.24) is 4.90 Å². The van der Waals surface area contributed by atoms with Crippen molar-refractivity contribution in [3.05, 3.63) is 28.2 Å². The van der Waals surface area contributed by atoms with Gasteiger partial charge in [-0.1, -0.05) is 52.9 Å². The number of allylic oxidation sites excluding steroid dienone is 1. The van der Waals surface area contributed by atoms with Crippen molar-refractivity contribution in [1.29, 1.82) is 0 Å². The van der Waals surface area contributed by atoms with Crippen molar-refractivity contribution in [2.75, 3.05) is 25.4 Å². The van der Waals surface area contributed by atoms with E-state index < -0.39 is 0 Å². The van der Waals surface area contributed by atoms with E-state index in [1.807, 2.05) is 11.8 Å². The smallest absolute Gasteiger partial charge is 0.311 e. The van der Waals surface area contributed by atoms with E-state index in [0.717, 1.165) is 36.5 Å². The zero-order valence-electron chi connectivity index (χ0n) is 23.3. The maximum Gasteiger partial charge on any atom is 0.311 e. The fourth-order valence-electron chi connectivity index (χ4n) is 5.98. The first kappa shape index (κ1) is 27.6. The highest BCUT2D eigenvalue weighted by atomic mass is 32.2. The van der Waals surface area contributed by atoms with Crippen LogP contribution in [0, 0.1) is 5.92 Å². The zero-order valence-corrected chi connectivity index (χ0v) is 24.1. The third-order valence-corrected chi connectivity index (χ3v) is 9.78. The summed E-state index contributed by atoms with van der Waals surface area (Å²) in [5.74, 6) is 3.49. The second-order valence-corrected chi connectivity index (χ2v) is 12.8. The molecule has 1 saturated heterocycles. The normalized spacial score (nSPS) is 20.9. The number of unbranched alkanes of at least 4 members (excludes halogenated alkanes) is 2. The van der Waals surface area contributed by atoms with Crippen LogP contribution in [-0.4, -0.2) is 41.9 Å². The molecule has 200 valence electrons. The summed E-state index contributed by atoms with van der Waals surface area (Å²) in [6.07, 6.45) is 11.2. The van der Waals surface area contributed by atoms with Gasteiger partial charge in [-0.3, -0.25) is 4.79 Å². The lowest BCUT2D eigenvalue weighted by molar-refractivity contribution is -0.134. The van der Waals surface area contributed by atoms with Gasteiger partial charge in [-0.2, -0.15) is 0 Å². The van der Waals surface area contributed by atoms with Crippen LogP contribution in [0.2, 0.25) is 0 Å². The minimum atomic E-state index is -0.339. The molecule has 3 aliphatic rings. The number of ether oxygens (including phenoxy) is 2. The highest BCUT2D eigenvalue weighted by Crippen LogP contribution is 2.54. The van der Waals surface area contributed by atoms with Crippen LogP contribution < -0.4 is 9.47 Å². The predicted molar refractivity (Wildman–Crippen MR) is 152 cm³/mol. The molecule has 36 heavy (non-hydrogen) atoms. The Morgan fingerprint density at radius 3 is 2.67 bits per heavy atom.